The van der Waals surface area contributed by atoms with Crippen LogP contribution in [-0.4, -0.2) is 39.4 Å². The Labute approximate surface area is 120 Å². The Bertz CT molecular complexity index is 372. The molecule has 4 heteroatoms. The summed E-state index contributed by atoms with van der Waals surface area (Å²) in [5.41, 5.74) is 0.788. The van der Waals surface area contributed by atoms with Gasteiger partial charge in [0.05, 0.1) is 26.2 Å². The molecule has 0 aromatic heterocycles. The van der Waals surface area contributed by atoms with Crippen molar-refractivity contribution in [2.75, 3.05) is 26.2 Å². The Morgan fingerprint density at radius 3 is 1.63 bits per heavy atom. The maximum atomic E-state index is 10.4. The van der Waals surface area contributed by atoms with Gasteiger partial charge in [0.25, 0.3) is 0 Å². The summed E-state index contributed by atoms with van der Waals surface area (Å²) in [5.74, 6) is 0. The molecule has 0 amide bonds. The van der Waals surface area contributed by atoms with Crippen LogP contribution in [0.1, 0.15) is 33.3 Å². The summed E-state index contributed by atoms with van der Waals surface area (Å²) in [6, 6.07) is 6.87. The summed E-state index contributed by atoms with van der Waals surface area (Å²) < 4.78 is 22.1. The molecule has 0 N–H and O–H groups in total. The van der Waals surface area contributed by atoms with Gasteiger partial charge in [-0.1, -0.05) is 18.2 Å². The SMILES string of the molecule is CC[N+](CC)(CC)CC.Cc1ccccc1S(=O)[O-]. The van der Waals surface area contributed by atoms with Crippen LogP contribution >= 0.6 is 0 Å². The Hall–Kier alpha value is -0.710. The average Bonchev–Trinajstić information content (AvgIpc) is 2.43. The first-order valence-corrected chi connectivity index (χ1v) is 8.03. The van der Waals surface area contributed by atoms with E-state index in [-0.39, 0.29) is 0 Å². The molecule has 1 unspecified atom stereocenters. The lowest BCUT2D eigenvalue weighted by Gasteiger charge is -2.34. The van der Waals surface area contributed by atoms with E-state index in [4.69, 9.17) is 0 Å². The van der Waals surface area contributed by atoms with E-state index in [9.17, 15) is 8.76 Å². The number of quaternary nitrogens is 1. The first-order chi connectivity index (χ1) is 8.96. The molecule has 0 saturated heterocycles. The first-order valence-electron chi connectivity index (χ1n) is 6.96. The van der Waals surface area contributed by atoms with Crippen LogP contribution < -0.4 is 0 Å². The Morgan fingerprint density at radius 1 is 1.00 bits per heavy atom. The van der Waals surface area contributed by atoms with Crippen LogP contribution in [0, 0.1) is 6.92 Å². The zero-order valence-electron chi connectivity index (χ0n) is 12.8. The summed E-state index contributed by atoms with van der Waals surface area (Å²) in [7, 11) is 0. The van der Waals surface area contributed by atoms with Crippen LogP contribution in [0.5, 0.6) is 0 Å². The van der Waals surface area contributed by atoms with E-state index < -0.39 is 11.1 Å². The van der Waals surface area contributed by atoms with Gasteiger partial charge in [-0.3, -0.25) is 4.21 Å². The highest BCUT2D eigenvalue weighted by Gasteiger charge is 2.16. The Morgan fingerprint density at radius 2 is 1.42 bits per heavy atom. The number of hydrogen-bond acceptors (Lipinski definition) is 2. The summed E-state index contributed by atoms with van der Waals surface area (Å²) in [6.07, 6.45) is 0. The number of benzene rings is 1. The second-order valence-corrected chi connectivity index (χ2v) is 5.52. The highest BCUT2D eigenvalue weighted by Crippen LogP contribution is 2.09. The molecule has 0 bridgehead atoms. The molecule has 0 aliphatic carbocycles. The second-order valence-electron chi connectivity index (χ2n) is 4.61. The van der Waals surface area contributed by atoms with E-state index in [0.717, 1.165) is 5.56 Å². The van der Waals surface area contributed by atoms with Gasteiger partial charge in [0.15, 0.2) is 0 Å². The van der Waals surface area contributed by atoms with Crippen molar-refractivity contribution in [3.8, 4) is 0 Å². The van der Waals surface area contributed by atoms with E-state index >= 15 is 0 Å². The monoisotopic (exact) mass is 285 g/mol. The lowest BCUT2D eigenvalue weighted by Crippen LogP contribution is -2.47. The van der Waals surface area contributed by atoms with Crippen molar-refractivity contribution in [1.29, 1.82) is 0 Å². The minimum Gasteiger partial charge on any atom is -0.768 e. The predicted octanol–water partition coefficient (Wildman–Crippen LogP) is 3.12. The zero-order valence-corrected chi connectivity index (χ0v) is 13.6. The van der Waals surface area contributed by atoms with Gasteiger partial charge in [0.2, 0.25) is 0 Å². The molecule has 0 radical (unpaired) electrons. The number of aryl methyl sites for hydroxylation is 1. The van der Waals surface area contributed by atoms with Crippen molar-refractivity contribution < 1.29 is 13.2 Å². The molecule has 1 aromatic rings. The lowest BCUT2D eigenvalue weighted by atomic mass is 10.2. The largest absolute Gasteiger partial charge is 0.768 e. The van der Waals surface area contributed by atoms with E-state index in [2.05, 4.69) is 27.7 Å². The number of nitrogens with zero attached hydrogens (tertiary/aromatic N) is 1. The van der Waals surface area contributed by atoms with E-state index in [1.165, 1.54) is 30.7 Å². The lowest BCUT2D eigenvalue weighted by molar-refractivity contribution is -0.921. The van der Waals surface area contributed by atoms with Crippen LogP contribution in [0.15, 0.2) is 29.2 Å². The molecule has 110 valence electrons. The van der Waals surface area contributed by atoms with Crippen LogP contribution in [-0.2, 0) is 11.1 Å². The minimum atomic E-state index is -2.09. The van der Waals surface area contributed by atoms with E-state index in [1.807, 2.05) is 6.07 Å². The van der Waals surface area contributed by atoms with Gasteiger partial charge in [-0.2, -0.15) is 0 Å². The molecular formula is C15H27NO2S. The van der Waals surface area contributed by atoms with Gasteiger partial charge in [-0.25, -0.2) is 0 Å². The van der Waals surface area contributed by atoms with Crippen molar-refractivity contribution >= 4 is 11.1 Å². The molecule has 0 saturated carbocycles. The Balaban J connectivity index is 0.000000344. The Kier molecular flexibility index (Phi) is 8.89. The standard InChI is InChI=1S/C8H20N.C7H8O2S/c1-5-9(6-2,7-3)8-4;1-6-4-2-3-5-7(6)10(8)9/h5-8H2,1-4H3;2-5H,1H3,(H,8,9)/q+1;/p-1. The highest BCUT2D eigenvalue weighted by atomic mass is 32.2. The molecule has 0 aliphatic rings. The third-order valence-electron chi connectivity index (χ3n) is 3.96. The smallest absolute Gasteiger partial charge is 0.0757 e. The third kappa shape index (κ3) is 5.85. The van der Waals surface area contributed by atoms with E-state index in [0.29, 0.717) is 4.90 Å². The molecule has 19 heavy (non-hydrogen) atoms. The molecule has 0 fully saturated rings. The van der Waals surface area contributed by atoms with Crippen LogP contribution in [0.25, 0.3) is 0 Å². The van der Waals surface area contributed by atoms with Gasteiger partial charge in [0, 0.05) is 4.90 Å². The van der Waals surface area contributed by atoms with Crippen LogP contribution in [0.3, 0.4) is 0 Å². The molecule has 1 aromatic carbocycles. The van der Waals surface area contributed by atoms with Crippen LogP contribution in [0.4, 0.5) is 0 Å². The molecule has 1 atom stereocenters. The summed E-state index contributed by atoms with van der Waals surface area (Å²) in [6.45, 7) is 16.0. The summed E-state index contributed by atoms with van der Waals surface area (Å²) in [5, 5.41) is 0. The quantitative estimate of drug-likeness (QED) is 0.616. The fourth-order valence-corrected chi connectivity index (χ4v) is 2.61. The number of rotatable bonds is 5. The molecule has 3 nitrogen and oxygen atoms in total. The predicted molar refractivity (Wildman–Crippen MR) is 80.8 cm³/mol. The average molecular weight is 285 g/mol. The van der Waals surface area contributed by atoms with E-state index in [1.54, 1.807) is 25.1 Å². The first kappa shape index (κ1) is 18.3. The molecular weight excluding hydrogens is 258 g/mol. The molecule has 0 heterocycles. The van der Waals surface area contributed by atoms with Crippen molar-refractivity contribution in [3.05, 3.63) is 29.8 Å². The van der Waals surface area contributed by atoms with Gasteiger partial charge in [-0.05, 0) is 57.3 Å². The highest BCUT2D eigenvalue weighted by molar-refractivity contribution is 7.79. The summed E-state index contributed by atoms with van der Waals surface area (Å²) >= 11 is -2.09. The zero-order chi connectivity index (χ0) is 14.9. The second kappa shape index (κ2) is 9.23. The number of hydrogen-bond donors (Lipinski definition) is 0. The van der Waals surface area contributed by atoms with Crippen molar-refractivity contribution in [1.82, 2.24) is 0 Å². The van der Waals surface area contributed by atoms with Crippen LogP contribution in [0.2, 0.25) is 0 Å². The normalized spacial score (nSPS) is 12.5. The topological polar surface area (TPSA) is 40.1 Å². The molecule has 1 rings (SSSR count). The molecule has 0 spiro atoms. The minimum absolute atomic E-state index is 0.377. The maximum Gasteiger partial charge on any atom is 0.0757 e. The van der Waals surface area contributed by atoms with Gasteiger partial charge >= 0.3 is 0 Å². The maximum absolute atomic E-state index is 10.4. The van der Waals surface area contributed by atoms with Crippen molar-refractivity contribution in [2.45, 2.75) is 39.5 Å². The summed E-state index contributed by atoms with van der Waals surface area (Å²) in [4.78, 5) is 0.377. The third-order valence-corrected chi connectivity index (χ3v) is 4.77. The molecule has 0 aliphatic heterocycles. The fourth-order valence-electron chi connectivity index (χ4n) is 2.09. The van der Waals surface area contributed by atoms with Gasteiger partial charge in [0.1, 0.15) is 0 Å². The fraction of sp³-hybridized carbons (Fsp3) is 0.600. The van der Waals surface area contributed by atoms with Crippen molar-refractivity contribution in [2.24, 2.45) is 0 Å². The van der Waals surface area contributed by atoms with Gasteiger partial charge in [-0.15, -0.1) is 0 Å². The van der Waals surface area contributed by atoms with Gasteiger partial charge < -0.3 is 9.04 Å². The van der Waals surface area contributed by atoms with Crippen molar-refractivity contribution in [3.63, 3.8) is 0 Å².